The number of nitrogens with zero attached hydrogens (tertiary/aromatic N) is 3. The van der Waals surface area contributed by atoms with Crippen molar-refractivity contribution in [2.45, 2.75) is 33.2 Å². The Morgan fingerprint density at radius 3 is 2.75 bits per heavy atom. The molecule has 0 radical (unpaired) electrons. The van der Waals surface area contributed by atoms with Crippen LogP contribution in [0.3, 0.4) is 0 Å². The number of thiophene rings is 1. The van der Waals surface area contributed by atoms with E-state index in [0.717, 1.165) is 24.5 Å². The summed E-state index contributed by atoms with van der Waals surface area (Å²) in [6, 6.07) is 4.22. The van der Waals surface area contributed by atoms with Crippen molar-refractivity contribution in [1.82, 2.24) is 9.97 Å². The molecule has 2 heterocycles. The smallest absolute Gasteiger partial charge is 0.148 e. The van der Waals surface area contributed by atoms with Crippen molar-refractivity contribution in [2.75, 3.05) is 16.9 Å². The molecule has 2 aromatic rings. The van der Waals surface area contributed by atoms with E-state index in [4.69, 9.17) is 5.84 Å². The monoisotopic (exact) mass is 291 g/mol. The molecule has 3 N–H and O–H groups in total. The fourth-order valence-electron chi connectivity index (χ4n) is 2.21. The van der Waals surface area contributed by atoms with Crippen molar-refractivity contribution >= 4 is 23.0 Å². The summed E-state index contributed by atoms with van der Waals surface area (Å²) in [7, 11) is 0. The van der Waals surface area contributed by atoms with E-state index in [9.17, 15) is 0 Å². The van der Waals surface area contributed by atoms with Gasteiger partial charge in [0.2, 0.25) is 0 Å². The second-order valence-corrected chi connectivity index (χ2v) is 5.88. The van der Waals surface area contributed by atoms with Crippen molar-refractivity contribution in [3.05, 3.63) is 34.3 Å². The van der Waals surface area contributed by atoms with E-state index in [-0.39, 0.29) is 0 Å². The van der Waals surface area contributed by atoms with Gasteiger partial charge in [0.1, 0.15) is 18.0 Å². The highest BCUT2D eigenvalue weighted by Gasteiger charge is 2.19. The van der Waals surface area contributed by atoms with E-state index < -0.39 is 0 Å². The molecular formula is C14H21N5S. The van der Waals surface area contributed by atoms with Crippen molar-refractivity contribution < 1.29 is 0 Å². The molecule has 0 amide bonds. The average Bonchev–Trinajstić information content (AvgIpc) is 2.96. The van der Waals surface area contributed by atoms with Crippen molar-refractivity contribution in [1.29, 1.82) is 0 Å². The molecule has 0 spiro atoms. The Morgan fingerprint density at radius 2 is 2.20 bits per heavy atom. The maximum absolute atomic E-state index is 5.58. The Balaban J connectivity index is 2.38. The van der Waals surface area contributed by atoms with Gasteiger partial charge in [-0.15, -0.1) is 11.3 Å². The van der Waals surface area contributed by atoms with Crippen LogP contribution in [0.15, 0.2) is 23.8 Å². The molecule has 0 saturated carbocycles. The molecule has 0 unspecified atom stereocenters. The third-order valence-electron chi connectivity index (χ3n) is 3.19. The molecular weight excluding hydrogens is 270 g/mol. The summed E-state index contributed by atoms with van der Waals surface area (Å²) in [5.41, 5.74) is 3.74. The second kappa shape index (κ2) is 6.67. The Labute approximate surface area is 123 Å². The lowest BCUT2D eigenvalue weighted by molar-refractivity contribution is 0.776. The summed E-state index contributed by atoms with van der Waals surface area (Å²) in [4.78, 5) is 12.3. The van der Waals surface area contributed by atoms with Crippen LogP contribution in [0.1, 0.15) is 37.1 Å². The topological polar surface area (TPSA) is 67.1 Å². The molecule has 2 aromatic heterocycles. The van der Waals surface area contributed by atoms with Gasteiger partial charge in [-0.3, -0.25) is 0 Å². The van der Waals surface area contributed by atoms with Crippen LogP contribution in [0.2, 0.25) is 0 Å². The largest absolute Gasteiger partial charge is 0.351 e. The maximum atomic E-state index is 5.58. The highest BCUT2D eigenvalue weighted by molar-refractivity contribution is 7.09. The zero-order chi connectivity index (χ0) is 14.5. The van der Waals surface area contributed by atoms with E-state index in [1.54, 1.807) is 17.7 Å². The number of nitrogen functional groups attached to an aromatic ring is 1. The average molecular weight is 291 g/mol. The molecule has 0 fully saturated rings. The zero-order valence-electron chi connectivity index (χ0n) is 12.1. The fraction of sp³-hybridized carbons (Fsp3) is 0.429. The summed E-state index contributed by atoms with van der Waals surface area (Å²) in [5.74, 6) is 7.54. The van der Waals surface area contributed by atoms with Crippen LogP contribution in [0.5, 0.6) is 0 Å². The zero-order valence-corrected chi connectivity index (χ0v) is 12.9. The van der Waals surface area contributed by atoms with Gasteiger partial charge in [-0.05, 0) is 24.3 Å². The molecule has 0 atom stereocenters. The normalized spacial score (nSPS) is 10.8. The first-order valence-corrected chi connectivity index (χ1v) is 7.64. The molecule has 0 aliphatic carbocycles. The number of aromatic nitrogens is 2. The van der Waals surface area contributed by atoms with Crippen LogP contribution in [0, 0.1) is 0 Å². The summed E-state index contributed by atoms with van der Waals surface area (Å²) < 4.78 is 0. The number of nitrogens with two attached hydrogens (primary N) is 1. The number of hydrogen-bond acceptors (Lipinski definition) is 6. The van der Waals surface area contributed by atoms with Crippen molar-refractivity contribution in [2.24, 2.45) is 5.84 Å². The predicted molar refractivity (Wildman–Crippen MR) is 85.0 cm³/mol. The summed E-state index contributed by atoms with van der Waals surface area (Å²) in [6.07, 6.45) is 1.56. The van der Waals surface area contributed by atoms with Gasteiger partial charge in [0.05, 0.1) is 6.54 Å². The lowest BCUT2D eigenvalue weighted by Gasteiger charge is -2.26. The lowest BCUT2D eigenvalue weighted by atomic mass is 10.0. The van der Waals surface area contributed by atoms with Crippen LogP contribution < -0.4 is 16.2 Å². The van der Waals surface area contributed by atoms with Gasteiger partial charge in [0.15, 0.2) is 0 Å². The summed E-state index contributed by atoms with van der Waals surface area (Å²) in [6.45, 7) is 8.13. The van der Waals surface area contributed by atoms with Gasteiger partial charge in [0, 0.05) is 17.0 Å². The molecule has 0 aliphatic heterocycles. The Kier molecular flexibility index (Phi) is 4.92. The highest BCUT2D eigenvalue weighted by atomic mass is 32.1. The van der Waals surface area contributed by atoms with Gasteiger partial charge in [-0.2, -0.15) is 0 Å². The van der Waals surface area contributed by atoms with E-state index in [1.807, 2.05) is 0 Å². The summed E-state index contributed by atoms with van der Waals surface area (Å²) >= 11 is 1.76. The first-order valence-electron chi connectivity index (χ1n) is 6.76. The third kappa shape index (κ3) is 3.08. The number of rotatable bonds is 6. The molecule has 20 heavy (non-hydrogen) atoms. The minimum Gasteiger partial charge on any atom is -0.351 e. The van der Waals surface area contributed by atoms with Crippen molar-refractivity contribution in [3.63, 3.8) is 0 Å². The molecule has 0 aliphatic rings. The van der Waals surface area contributed by atoms with E-state index >= 15 is 0 Å². The van der Waals surface area contributed by atoms with Crippen LogP contribution in [-0.4, -0.2) is 16.5 Å². The van der Waals surface area contributed by atoms with Crippen LogP contribution in [0.4, 0.5) is 11.6 Å². The van der Waals surface area contributed by atoms with Crippen LogP contribution in [-0.2, 0) is 6.54 Å². The highest BCUT2D eigenvalue weighted by Crippen LogP contribution is 2.31. The van der Waals surface area contributed by atoms with Gasteiger partial charge in [-0.1, -0.05) is 19.9 Å². The minimum atomic E-state index is 0.301. The lowest BCUT2D eigenvalue weighted by Crippen LogP contribution is -2.25. The van der Waals surface area contributed by atoms with Crippen LogP contribution >= 0.6 is 11.3 Å². The Morgan fingerprint density at radius 1 is 1.40 bits per heavy atom. The predicted octanol–water partition coefficient (Wildman–Crippen LogP) is 2.97. The van der Waals surface area contributed by atoms with Crippen LogP contribution in [0.25, 0.3) is 0 Å². The second-order valence-electron chi connectivity index (χ2n) is 4.85. The standard InChI is InChI=1S/C14H21N5S/c1-4-19(8-11-6-5-7-20-11)14-12(10(2)3)13(18-15)16-9-17-14/h5-7,9-10H,4,8,15H2,1-3H3,(H,16,17,18). The number of nitrogens with one attached hydrogen (secondary N) is 1. The van der Waals surface area contributed by atoms with Gasteiger partial charge in [0.25, 0.3) is 0 Å². The SMILES string of the molecule is CCN(Cc1cccs1)c1ncnc(NN)c1C(C)C. The third-order valence-corrected chi connectivity index (χ3v) is 4.05. The molecule has 108 valence electrons. The molecule has 0 bridgehead atoms. The number of hydrogen-bond donors (Lipinski definition) is 2. The van der Waals surface area contributed by atoms with Crippen molar-refractivity contribution in [3.8, 4) is 0 Å². The Bertz CT molecular complexity index is 539. The molecule has 0 aromatic carbocycles. The quantitative estimate of drug-likeness (QED) is 0.632. The summed E-state index contributed by atoms with van der Waals surface area (Å²) in [5, 5.41) is 2.10. The van der Waals surface area contributed by atoms with Gasteiger partial charge in [-0.25, -0.2) is 15.8 Å². The van der Waals surface area contributed by atoms with Gasteiger partial charge >= 0.3 is 0 Å². The first kappa shape index (κ1) is 14.7. The number of anilines is 2. The van der Waals surface area contributed by atoms with E-state index in [0.29, 0.717) is 11.7 Å². The van der Waals surface area contributed by atoms with E-state index in [2.05, 4.69) is 58.6 Å². The molecule has 2 rings (SSSR count). The number of hydrazine groups is 1. The Hall–Kier alpha value is -1.66. The molecule has 6 heteroatoms. The molecule has 5 nitrogen and oxygen atoms in total. The van der Waals surface area contributed by atoms with E-state index in [1.165, 1.54) is 4.88 Å². The maximum Gasteiger partial charge on any atom is 0.148 e. The first-order chi connectivity index (χ1) is 9.67. The molecule has 0 saturated heterocycles. The van der Waals surface area contributed by atoms with Gasteiger partial charge < -0.3 is 10.3 Å². The minimum absolute atomic E-state index is 0.301. The fourth-order valence-corrected chi connectivity index (χ4v) is 2.93.